The van der Waals surface area contributed by atoms with Gasteiger partial charge in [-0.1, -0.05) is 85.4 Å². The van der Waals surface area contributed by atoms with E-state index in [1.54, 1.807) is 23.9 Å². The number of H-pyrrole nitrogens is 1. The molecule has 0 bridgehead atoms. The number of aliphatic hydroxyl groups excluding tert-OH is 1. The Morgan fingerprint density at radius 2 is 1.68 bits per heavy atom. The van der Waals surface area contributed by atoms with Crippen LogP contribution in [0, 0.1) is 5.92 Å². The summed E-state index contributed by atoms with van der Waals surface area (Å²) in [7, 11) is 0. The number of ether oxygens (including phenoxy) is 2. The molecule has 196 valence electrons. The van der Waals surface area contributed by atoms with Gasteiger partial charge in [-0.3, -0.25) is 9.89 Å². The van der Waals surface area contributed by atoms with E-state index in [2.05, 4.69) is 27.4 Å². The summed E-state index contributed by atoms with van der Waals surface area (Å²) in [5.41, 5.74) is 4.42. The molecule has 1 fully saturated rings. The van der Waals surface area contributed by atoms with Gasteiger partial charge in [-0.2, -0.15) is 5.10 Å². The molecule has 0 unspecified atom stereocenters. The molecule has 8 nitrogen and oxygen atoms in total. The number of aliphatic hydroxyl groups is 1. The summed E-state index contributed by atoms with van der Waals surface area (Å²) in [5.74, 6) is 0.657. The number of nitrogens with one attached hydrogen (secondary N) is 2. The van der Waals surface area contributed by atoms with Crippen molar-refractivity contribution in [2.24, 2.45) is 5.92 Å². The highest BCUT2D eigenvalue weighted by molar-refractivity contribution is 7.99. The fourth-order valence-corrected chi connectivity index (χ4v) is 5.34. The maximum absolute atomic E-state index is 12.4. The third kappa shape index (κ3) is 6.31. The number of amides is 1. The van der Waals surface area contributed by atoms with E-state index in [1.165, 1.54) is 6.33 Å². The van der Waals surface area contributed by atoms with Crippen molar-refractivity contribution in [2.75, 3.05) is 5.75 Å². The van der Waals surface area contributed by atoms with Crippen LogP contribution in [0.4, 0.5) is 0 Å². The Morgan fingerprint density at radius 1 is 0.974 bits per heavy atom. The molecule has 38 heavy (non-hydrogen) atoms. The summed E-state index contributed by atoms with van der Waals surface area (Å²) in [5, 5.41) is 20.0. The van der Waals surface area contributed by atoms with Crippen molar-refractivity contribution in [1.29, 1.82) is 0 Å². The van der Waals surface area contributed by atoms with Crippen molar-refractivity contribution in [1.82, 2.24) is 20.5 Å². The van der Waals surface area contributed by atoms with Gasteiger partial charge in [0.2, 0.25) is 0 Å². The van der Waals surface area contributed by atoms with Gasteiger partial charge in [0.25, 0.3) is 5.91 Å². The lowest BCUT2D eigenvalue weighted by Crippen LogP contribution is -2.38. The molecule has 9 heteroatoms. The second-order valence-electron chi connectivity index (χ2n) is 9.21. The first-order valence-corrected chi connectivity index (χ1v) is 13.5. The van der Waals surface area contributed by atoms with E-state index in [9.17, 15) is 9.90 Å². The predicted molar refractivity (Wildman–Crippen MR) is 144 cm³/mol. The molecule has 4 atom stereocenters. The Morgan fingerprint density at radius 3 is 2.37 bits per heavy atom. The van der Waals surface area contributed by atoms with Crippen LogP contribution in [0.25, 0.3) is 0 Å². The third-order valence-electron chi connectivity index (χ3n) is 6.64. The Kier molecular flexibility index (Phi) is 8.50. The van der Waals surface area contributed by atoms with Crippen molar-refractivity contribution in [3.05, 3.63) is 113 Å². The molecule has 2 heterocycles. The molecule has 3 aromatic carbocycles. The summed E-state index contributed by atoms with van der Waals surface area (Å²) in [6.45, 7) is 2.56. The standard InChI is InChI=1S/C29H30N4O4S/c1-19-25(17-38-29-31-18-32-33-29)36-28(37-26(19)22-11-9-21(16-34)10-12-22)24-13-7-20(8-14-24)15-30-27(35)23-5-3-2-4-6-23/h2-14,18-19,25-26,28,34H,15-17H2,1H3,(H,30,35)(H,31,32,33)/t19-,25+,26+,28+/m0/s1. The van der Waals surface area contributed by atoms with E-state index in [-0.39, 0.29) is 30.6 Å². The van der Waals surface area contributed by atoms with Gasteiger partial charge in [-0.25, -0.2) is 4.98 Å². The first kappa shape index (κ1) is 26.1. The first-order valence-electron chi connectivity index (χ1n) is 12.5. The van der Waals surface area contributed by atoms with E-state index in [4.69, 9.17) is 9.47 Å². The molecule has 1 amide bonds. The Bertz CT molecular complexity index is 1300. The zero-order valence-electron chi connectivity index (χ0n) is 21.0. The highest BCUT2D eigenvalue weighted by Crippen LogP contribution is 2.42. The SMILES string of the molecule is C[C@H]1[C@@H](CSc2ncn[nH]2)O[C@@H](c2ccc(CNC(=O)c3ccccc3)cc2)O[C@H]1c1ccc(CO)cc1. The minimum Gasteiger partial charge on any atom is -0.392 e. The number of rotatable bonds is 9. The largest absolute Gasteiger partial charge is 0.392 e. The van der Waals surface area contributed by atoms with Gasteiger partial charge < -0.3 is 19.9 Å². The summed E-state index contributed by atoms with van der Waals surface area (Å²) >= 11 is 1.56. The number of carbonyl (C=O) groups excluding carboxylic acids is 1. The van der Waals surface area contributed by atoms with Crippen LogP contribution in [-0.2, 0) is 22.6 Å². The number of benzene rings is 3. The quantitative estimate of drug-likeness (QED) is 0.267. The number of thioether (sulfide) groups is 1. The van der Waals surface area contributed by atoms with Crippen LogP contribution in [0.15, 0.2) is 90.3 Å². The smallest absolute Gasteiger partial charge is 0.251 e. The van der Waals surface area contributed by atoms with Crippen LogP contribution in [0.1, 0.15) is 51.9 Å². The zero-order valence-corrected chi connectivity index (χ0v) is 21.8. The molecule has 0 spiro atoms. The number of hydrogen-bond donors (Lipinski definition) is 3. The molecule has 1 saturated heterocycles. The summed E-state index contributed by atoms with van der Waals surface area (Å²) in [4.78, 5) is 16.6. The Labute approximate surface area is 225 Å². The molecule has 0 saturated carbocycles. The number of hydrogen-bond acceptors (Lipinski definition) is 7. The highest BCUT2D eigenvalue weighted by atomic mass is 32.2. The topological polar surface area (TPSA) is 109 Å². The van der Waals surface area contributed by atoms with Gasteiger partial charge in [0.15, 0.2) is 11.4 Å². The van der Waals surface area contributed by atoms with E-state index >= 15 is 0 Å². The van der Waals surface area contributed by atoms with Gasteiger partial charge in [0.05, 0.1) is 18.8 Å². The third-order valence-corrected chi connectivity index (χ3v) is 7.61. The molecule has 4 aromatic rings. The molecule has 1 aliphatic heterocycles. The Hall–Kier alpha value is -3.50. The van der Waals surface area contributed by atoms with Gasteiger partial charge in [-0.05, 0) is 28.8 Å². The molecule has 1 aliphatic rings. The fourth-order valence-electron chi connectivity index (χ4n) is 4.40. The maximum Gasteiger partial charge on any atom is 0.251 e. The second-order valence-corrected chi connectivity index (χ2v) is 10.2. The minimum absolute atomic E-state index is 0.00168. The van der Waals surface area contributed by atoms with Crippen LogP contribution >= 0.6 is 11.8 Å². The summed E-state index contributed by atoms with van der Waals surface area (Å²) in [6.07, 6.45) is 0.652. The molecule has 0 radical (unpaired) electrons. The predicted octanol–water partition coefficient (Wildman–Crippen LogP) is 4.81. The summed E-state index contributed by atoms with van der Waals surface area (Å²) < 4.78 is 13.0. The molecule has 1 aromatic heterocycles. The lowest BCUT2D eigenvalue weighted by molar-refractivity contribution is -0.268. The number of aromatic amines is 1. The molecular weight excluding hydrogens is 500 g/mol. The van der Waals surface area contributed by atoms with Crippen molar-refractivity contribution >= 4 is 17.7 Å². The molecule has 0 aliphatic carbocycles. The average Bonchev–Trinajstić information content (AvgIpc) is 3.50. The first-order chi connectivity index (χ1) is 18.6. The van der Waals surface area contributed by atoms with E-state index in [1.807, 2.05) is 66.7 Å². The number of carbonyl (C=O) groups is 1. The normalized spacial score (nSPS) is 21.2. The van der Waals surface area contributed by atoms with Crippen molar-refractivity contribution in [3.63, 3.8) is 0 Å². The molecule has 3 N–H and O–H groups in total. The summed E-state index contributed by atoms with van der Waals surface area (Å²) in [6, 6.07) is 25.0. The molecule has 5 rings (SSSR count). The fraction of sp³-hybridized carbons (Fsp3) is 0.276. The van der Waals surface area contributed by atoms with Crippen LogP contribution in [0.2, 0.25) is 0 Å². The second kappa shape index (κ2) is 12.4. The monoisotopic (exact) mass is 530 g/mol. The number of aromatic nitrogens is 3. The van der Waals surface area contributed by atoms with Gasteiger partial charge >= 0.3 is 0 Å². The van der Waals surface area contributed by atoms with E-state index < -0.39 is 6.29 Å². The van der Waals surface area contributed by atoms with Crippen molar-refractivity contribution in [2.45, 2.75) is 43.7 Å². The van der Waals surface area contributed by atoms with Crippen LogP contribution in [0.5, 0.6) is 0 Å². The van der Waals surface area contributed by atoms with Gasteiger partial charge in [-0.15, -0.1) is 0 Å². The lowest BCUT2D eigenvalue weighted by Gasteiger charge is -2.41. The number of nitrogens with zero attached hydrogens (tertiary/aromatic N) is 2. The maximum atomic E-state index is 12.4. The van der Waals surface area contributed by atoms with Crippen LogP contribution in [-0.4, -0.2) is 38.1 Å². The van der Waals surface area contributed by atoms with Crippen molar-refractivity contribution in [3.8, 4) is 0 Å². The van der Waals surface area contributed by atoms with Crippen molar-refractivity contribution < 1.29 is 19.4 Å². The minimum atomic E-state index is -0.554. The van der Waals surface area contributed by atoms with E-state index in [0.29, 0.717) is 17.9 Å². The van der Waals surface area contributed by atoms with Crippen LogP contribution < -0.4 is 5.32 Å². The van der Waals surface area contributed by atoms with Gasteiger partial charge in [0.1, 0.15) is 6.33 Å². The lowest BCUT2D eigenvalue weighted by atomic mass is 9.91. The Balaban J connectivity index is 1.29. The van der Waals surface area contributed by atoms with Crippen LogP contribution in [0.3, 0.4) is 0 Å². The highest BCUT2D eigenvalue weighted by Gasteiger charge is 2.38. The van der Waals surface area contributed by atoms with E-state index in [0.717, 1.165) is 27.4 Å². The average molecular weight is 531 g/mol. The van der Waals surface area contributed by atoms with Gasteiger partial charge in [0, 0.05) is 29.3 Å². The molecular formula is C29H30N4O4S. The zero-order chi connectivity index (χ0) is 26.3.